The Hall–Kier alpha value is -5.62. The highest BCUT2D eigenvalue weighted by molar-refractivity contribution is 6.30. The van der Waals surface area contributed by atoms with E-state index in [9.17, 15) is 19.5 Å². The van der Waals surface area contributed by atoms with Crippen molar-refractivity contribution in [1.82, 2.24) is 4.90 Å². The van der Waals surface area contributed by atoms with Crippen molar-refractivity contribution < 1.29 is 43.5 Å². The molecular formula is C42H44ClNO10. The van der Waals surface area contributed by atoms with Crippen molar-refractivity contribution in [3.8, 4) is 28.4 Å². The van der Waals surface area contributed by atoms with Gasteiger partial charge in [-0.25, -0.2) is 9.59 Å². The van der Waals surface area contributed by atoms with Crippen LogP contribution >= 0.6 is 11.6 Å². The minimum Gasteiger partial charge on any atom is -0.504 e. The lowest BCUT2D eigenvalue weighted by Crippen LogP contribution is -2.31. The molecule has 0 spiro atoms. The van der Waals surface area contributed by atoms with Crippen LogP contribution in [-0.2, 0) is 19.9 Å². The molecule has 2 heterocycles. The highest BCUT2D eigenvalue weighted by Gasteiger charge is 2.31. The number of carboxylic acid groups (broad SMARTS) is 2. The number of rotatable bonds is 11. The highest BCUT2D eigenvalue weighted by atomic mass is 35.5. The summed E-state index contributed by atoms with van der Waals surface area (Å²) in [4.78, 5) is 34.2. The summed E-state index contributed by atoms with van der Waals surface area (Å²) in [5.41, 5.74) is 3.05. The number of likely N-dealkylation sites (tertiary alicyclic amines) is 1. The molecule has 0 bridgehead atoms. The van der Waals surface area contributed by atoms with Gasteiger partial charge >= 0.3 is 11.9 Å². The second kappa shape index (κ2) is 19.5. The number of phenols is 1. The largest absolute Gasteiger partial charge is 0.504 e. The number of aromatic hydroxyl groups is 1. The van der Waals surface area contributed by atoms with Crippen molar-refractivity contribution >= 4 is 34.5 Å². The molecule has 54 heavy (non-hydrogen) atoms. The molecule has 12 heteroatoms. The van der Waals surface area contributed by atoms with E-state index in [0.717, 1.165) is 29.2 Å². The first-order chi connectivity index (χ1) is 25.9. The number of ether oxygens (including phenoxy) is 3. The number of benzene rings is 4. The molecule has 284 valence electrons. The monoisotopic (exact) mass is 757 g/mol. The summed E-state index contributed by atoms with van der Waals surface area (Å²) in [6.07, 6.45) is 6.14. The Bertz CT molecular complexity index is 2070. The van der Waals surface area contributed by atoms with Gasteiger partial charge in [-0.2, -0.15) is 0 Å². The van der Waals surface area contributed by atoms with E-state index < -0.39 is 17.5 Å². The molecule has 0 radical (unpaired) electrons. The van der Waals surface area contributed by atoms with Crippen molar-refractivity contribution in [2.75, 3.05) is 34.4 Å². The summed E-state index contributed by atoms with van der Waals surface area (Å²) in [6.45, 7) is 4.12. The average molecular weight is 758 g/mol. The number of fused-ring (bicyclic) bond motifs is 1. The van der Waals surface area contributed by atoms with Crippen LogP contribution in [-0.4, -0.2) is 72.6 Å². The van der Waals surface area contributed by atoms with Gasteiger partial charge in [-0.3, -0.25) is 4.79 Å². The molecule has 6 rings (SSSR count). The van der Waals surface area contributed by atoms with Gasteiger partial charge in [-0.15, -0.1) is 0 Å². The van der Waals surface area contributed by atoms with Crippen molar-refractivity contribution in [1.29, 1.82) is 0 Å². The van der Waals surface area contributed by atoms with Gasteiger partial charge in [-0.05, 0) is 92.9 Å². The van der Waals surface area contributed by atoms with E-state index in [-0.39, 0.29) is 22.5 Å². The molecule has 11 nitrogen and oxygen atoms in total. The van der Waals surface area contributed by atoms with Crippen molar-refractivity contribution in [3.63, 3.8) is 0 Å². The molecule has 0 amide bonds. The number of nitrogens with zero attached hydrogens (tertiary/aromatic N) is 1. The Morgan fingerprint density at radius 2 is 1.54 bits per heavy atom. The van der Waals surface area contributed by atoms with Crippen LogP contribution in [0, 0.1) is 0 Å². The molecule has 1 fully saturated rings. The van der Waals surface area contributed by atoms with E-state index in [2.05, 4.69) is 55.3 Å². The predicted molar refractivity (Wildman–Crippen MR) is 208 cm³/mol. The first-order valence-electron chi connectivity index (χ1n) is 17.1. The quantitative estimate of drug-likeness (QED) is 0.112. The number of carboxylic acids is 2. The fourth-order valence-corrected chi connectivity index (χ4v) is 6.20. The molecule has 2 unspecified atom stereocenters. The zero-order chi connectivity index (χ0) is 39.3. The van der Waals surface area contributed by atoms with Crippen LogP contribution in [0.2, 0.25) is 5.02 Å². The van der Waals surface area contributed by atoms with Crippen LogP contribution in [0.1, 0.15) is 37.3 Å². The van der Waals surface area contributed by atoms with Crippen LogP contribution < -0.4 is 14.9 Å². The third-order valence-electron chi connectivity index (χ3n) is 9.08. The smallest absolute Gasteiger partial charge is 0.328 e. The fourth-order valence-electron chi connectivity index (χ4n) is 6.07. The Labute approximate surface area is 318 Å². The van der Waals surface area contributed by atoms with Crippen molar-refractivity contribution in [2.45, 2.75) is 37.8 Å². The molecular weight excluding hydrogens is 714 g/mol. The second-order valence-corrected chi connectivity index (χ2v) is 13.0. The van der Waals surface area contributed by atoms with Gasteiger partial charge in [0.25, 0.3) is 0 Å². The van der Waals surface area contributed by atoms with Gasteiger partial charge in [0.1, 0.15) is 17.6 Å². The number of hydrogen-bond acceptors (Lipinski definition) is 9. The molecule has 3 N–H and O–H groups in total. The minimum atomic E-state index is -1.26. The summed E-state index contributed by atoms with van der Waals surface area (Å²) in [6, 6.07) is 29.2. The molecule has 0 aliphatic carbocycles. The maximum Gasteiger partial charge on any atom is 0.328 e. The van der Waals surface area contributed by atoms with Crippen LogP contribution in [0.4, 0.5) is 0 Å². The van der Waals surface area contributed by atoms with Gasteiger partial charge in [0.05, 0.1) is 25.2 Å². The normalized spacial score (nSPS) is 15.0. The van der Waals surface area contributed by atoms with Crippen molar-refractivity contribution in [2.24, 2.45) is 0 Å². The van der Waals surface area contributed by atoms with E-state index >= 15 is 0 Å². The lowest BCUT2D eigenvalue weighted by atomic mass is 9.88. The lowest BCUT2D eigenvalue weighted by Gasteiger charge is -2.32. The average Bonchev–Trinajstić information content (AvgIpc) is 3.59. The van der Waals surface area contributed by atoms with Crippen molar-refractivity contribution in [3.05, 3.63) is 136 Å². The zero-order valence-corrected chi connectivity index (χ0v) is 31.3. The minimum absolute atomic E-state index is 0.0738. The molecule has 4 aromatic carbocycles. The van der Waals surface area contributed by atoms with Gasteiger partial charge in [0, 0.05) is 29.8 Å². The summed E-state index contributed by atoms with van der Waals surface area (Å²) in [5.74, 6) is -1.73. The molecule has 1 aromatic heterocycles. The van der Waals surface area contributed by atoms with Crippen LogP contribution in [0.25, 0.3) is 22.1 Å². The summed E-state index contributed by atoms with van der Waals surface area (Å²) >= 11 is 6.07. The Morgan fingerprint density at radius 3 is 2.09 bits per heavy atom. The molecule has 1 aliphatic rings. The maximum atomic E-state index is 12.6. The fraction of sp³-hybridized carbons (Fsp3) is 0.262. The maximum absolute atomic E-state index is 12.6. The van der Waals surface area contributed by atoms with Gasteiger partial charge < -0.3 is 38.8 Å². The number of halogens is 1. The lowest BCUT2D eigenvalue weighted by molar-refractivity contribution is -0.134. The first kappa shape index (κ1) is 41.1. The second-order valence-electron chi connectivity index (χ2n) is 12.5. The Balaban J connectivity index is 0.000000202. The number of phenolic OH excluding ortho intramolecular Hbond substituents is 1. The first-order valence-corrected chi connectivity index (χ1v) is 17.5. The van der Waals surface area contributed by atoms with Crippen LogP contribution in [0.5, 0.6) is 17.2 Å². The zero-order valence-electron chi connectivity index (χ0n) is 30.5. The third-order valence-corrected chi connectivity index (χ3v) is 9.33. The number of carbonyl (C=O) groups is 2. The molecule has 1 saturated heterocycles. The Kier molecular flexibility index (Phi) is 14.8. The van der Waals surface area contributed by atoms with E-state index in [1.54, 1.807) is 31.4 Å². The molecule has 5 aromatic rings. The van der Waals surface area contributed by atoms with E-state index in [4.69, 9.17) is 40.4 Å². The summed E-state index contributed by atoms with van der Waals surface area (Å²) in [5, 5.41) is 26.5. The molecule has 1 aliphatic heterocycles. The predicted octanol–water partition coefficient (Wildman–Crippen LogP) is 8.00. The van der Waals surface area contributed by atoms with Gasteiger partial charge in [0.2, 0.25) is 11.2 Å². The van der Waals surface area contributed by atoms with E-state index in [1.165, 1.54) is 50.5 Å². The molecule has 0 saturated carbocycles. The SMILES string of the molecule is CN1CCCC1CCOC(C)(c1ccccc1)c1ccc(Cl)cc1.COc1ccc(-c2coc3c(OC)c(O)ccc3c2=O)cc1.O=C(O)C=CC(=O)O. The number of hydrogen-bond donors (Lipinski definition) is 3. The number of methoxy groups -OCH3 is 2. The summed E-state index contributed by atoms with van der Waals surface area (Å²) in [7, 11) is 5.21. The van der Waals surface area contributed by atoms with E-state index in [0.29, 0.717) is 34.9 Å². The molecule has 2 atom stereocenters. The highest BCUT2D eigenvalue weighted by Crippen LogP contribution is 2.36. The standard InChI is InChI=1S/C21H26ClNO.C17H14O5.C4H4O4/c1-21(17-7-4-3-5-8-17,18-10-12-19(22)13-11-18)24-16-14-20-9-6-15-23(20)2;1-20-11-5-3-10(4-6-11)13-9-22-16-12(15(13)19)7-8-14(18)17(16)21-2;5-3(6)1-2-4(7)8/h3-5,7-8,10-13,20H,6,9,14-16H2,1-2H3;3-9,18H,1-2H3;1-2H,(H,5,6)(H,7,8). The van der Waals surface area contributed by atoms with Crippen LogP contribution in [0.3, 0.4) is 0 Å². The third kappa shape index (κ3) is 10.7. The summed E-state index contributed by atoms with van der Waals surface area (Å²) < 4.78 is 22.2. The van der Waals surface area contributed by atoms with Crippen LogP contribution in [0.15, 0.2) is 119 Å². The van der Waals surface area contributed by atoms with E-state index in [1.807, 2.05) is 18.2 Å². The number of aliphatic carboxylic acids is 2. The van der Waals surface area contributed by atoms with Gasteiger partial charge in [-0.1, -0.05) is 66.2 Å². The van der Waals surface area contributed by atoms with Gasteiger partial charge in [0.15, 0.2) is 11.3 Å². The topological polar surface area (TPSA) is 156 Å². The Morgan fingerprint density at radius 1 is 0.907 bits per heavy atom.